The molecule has 1 saturated heterocycles. The third-order valence-electron chi connectivity index (χ3n) is 4.99. The molecule has 1 unspecified atom stereocenters. The van der Waals surface area contributed by atoms with Gasteiger partial charge in [0.1, 0.15) is 0 Å². The van der Waals surface area contributed by atoms with E-state index >= 15 is 0 Å². The van der Waals surface area contributed by atoms with Crippen molar-refractivity contribution in [2.24, 2.45) is 0 Å². The summed E-state index contributed by atoms with van der Waals surface area (Å²) in [4.78, 5) is 13.1. The highest BCUT2D eigenvalue weighted by molar-refractivity contribution is 5.88. The molecule has 0 bridgehead atoms. The quantitative estimate of drug-likeness (QED) is 0.765. The summed E-state index contributed by atoms with van der Waals surface area (Å²) >= 11 is 0. The van der Waals surface area contributed by atoms with Crippen molar-refractivity contribution in [1.82, 2.24) is 4.90 Å². The van der Waals surface area contributed by atoms with Gasteiger partial charge in [-0.05, 0) is 36.1 Å². The summed E-state index contributed by atoms with van der Waals surface area (Å²) in [5.74, 6) is -1.37. The highest BCUT2D eigenvalue weighted by atomic mass is 19.4. The summed E-state index contributed by atoms with van der Waals surface area (Å²) in [6.07, 6.45) is -3.13. The maximum atomic E-state index is 13.5. The number of aromatic carboxylic acids is 1. The standard InChI is InChI=1S/C21H22F3NO3/c22-21(23,24)19-12-16(20(26)27)6-7-17(19)13-25(18-9-11-28-14-18)10-8-15-4-2-1-3-5-15/h1-7,12,18H,8-11,13-14H2,(H,26,27). The van der Waals surface area contributed by atoms with Gasteiger partial charge in [0, 0.05) is 25.7 Å². The average molecular weight is 393 g/mol. The largest absolute Gasteiger partial charge is 0.478 e. The second kappa shape index (κ2) is 8.75. The molecule has 0 saturated carbocycles. The van der Waals surface area contributed by atoms with Crippen LogP contribution in [0.2, 0.25) is 0 Å². The highest BCUT2D eigenvalue weighted by Gasteiger charge is 2.35. The first-order valence-electron chi connectivity index (χ1n) is 9.14. The minimum absolute atomic E-state index is 0.0453. The number of carboxylic acid groups (broad SMARTS) is 1. The van der Waals surface area contributed by atoms with Crippen LogP contribution in [0.5, 0.6) is 0 Å². The van der Waals surface area contributed by atoms with Gasteiger partial charge in [-0.2, -0.15) is 13.2 Å². The molecule has 1 aliphatic rings. The van der Waals surface area contributed by atoms with E-state index in [1.807, 2.05) is 35.2 Å². The van der Waals surface area contributed by atoms with Crippen LogP contribution in [-0.2, 0) is 23.9 Å². The number of hydrogen-bond acceptors (Lipinski definition) is 3. The van der Waals surface area contributed by atoms with Crippen molar-refractivity contribution in [2.75, 3.05) is 19.8 Å². The van der Waals surface area contributed by atoms with E-state index in [9.17, 15) is 18.0 Å². The molecular formula is C21H22F3NO3. The molecular weight excluding hydrogens is 371 g/mol. The Morgan fingerprint density at radius 3 is 2.54 bits per heavy atom. The van der Waals surface area contributed by atoms with Gasteiger partial charge in [-0.3, -0.25) is 4.90 Å². The van der Waals surface area contributed by atoms with E-state index in [1.54, 1.807) is 0 Å². The fourth-order valence-electron chi connectivity index (χ4n) is 3.45. The predicted molar refractivity (Wildman–Crippen MR) is 98.2 cm³/mol. The molecule has 0 spiro atoms. The third kappa shape index (κ3) is 5.11. The van der Waals surface area contributed by atoms with Crippen LogP contribution in [-0.4, -0.2) is 41.8 Å². The molecule has 28 heavy (non-hydrogen) atoms. The van der Waals surface area contributed by atoms with E-state index in [-0.39, 0.29) is 23.7 Å². The number of rotatable bonds is 7. The molecule has 4 nitrogen and oxygen atoms in total. The summed E-state index contributed by atoms with van der Waals surface area (Å²) in [5.41, 5.74) is -0.0618. The first kappa shape index (κ1) is 20.4. The minimum Gasteiger partial charge on any atom is -0.478 e. The molecule has 7 heteroatoms. The number of benzene rings is 2. The molecule has 1 N–H and O–H groups in total. The number of alkyl halides is 3. The number of nitrogens with zero attached hydrogens (tertiary/aromatic N) is 1. The molecule has 1 aliphatic heterocycles. The average Bonchev–Trinajstić information content (AvgIpc) is 3.19. The second-order valence-corrected chi connectivity index (χ2v) is 6.90. The van der Waals surface area contributed by atoms with Crippen molar-refractivity contribution in [3.05, 3.63) is 70.8 Å². The lowest BCUT2D eigenvalue weighted by atomic mass is 10.0. The summed E-state index contributed by atoms with van der Waals surface area (Å²) in [7, 11) is 0. The van der Waals surface area contributed by atoms with Gasteiger partial charge >= 0.3 is 12.1 Å². The van der Waals surface area contributed by atoms with Gasteiger partial charge < -0.3 is 9.84 Å². The Labute approximate surface area is 161 Å². The van der Waals surface area contributed by atoms with E-state index in [0.29, 0.717) is 26.2 Å². The molecule has 1 heterocycles. The lowest BCUT2D eigenvalue weighted by Crippen LogP contribution is -2.37. The fraction of sp³-hybridized carbons (Fsp3) is 0.381. The van der Waals surface area contributed by atoms with E-state index in [0.717, 1.165) is 18.1 Å². The molecule has 0 radical (unpaired) electrons. The lowest BCUT2D eigenvalue weighted by Gasteiger charge is -2.29. The van der Waals surface area contributed by atoms with Crippen LogP contribution < -0.4 is 0 Å². The number of hydrogen-bond donors (Lipinski definition) is 1. The Kier molecular flexibility index (Phi) is 6.36. The SMILES string of the molecule is O=C(O)c1ccc(CN(CCc2ccccc2)C2CCOC2)c(C(F)(F)F)c1. The Bertz CT molecular complexity index is 802. The summed E-state index contributed by atoms with van der Waals surface area (Å²) in [5, 5.41) is 9.04. The summed E-state index contributed by atoms with van der Waals surface area (Å²) < 4.78 is 46.0. The van der Waals surface area contributed by atoms with Gasteiger partial charge in [-0.15, -0.1) is 0 Å². The number of carboxylic acids is 1. The van der Waals surface area contributed by atoms with Gasteiger partial charge in [0.05, 0.1) is 17.7 Å². The van der Waals surface area contributed by atoms with Gasteiger partial charge in [-0.25, -0.2) is 4.79 Å². The molecule has 0 aliphatic carbocycles. The smallest absolute Gasteiger partial charge is 0.416 e. The topological polar surface area (TPSA) is 49.8 Å². The van der Waals surface area contributed by atoms with Crippen LogP contribution in [0.3, 0.4) is 0 Å². The van der Waals surface area contributed by atoms with Crippen LogP contribution >= 0.6 is 0 Å². The van der Waals surface area contributed by atoms with Crippen LogP contribution in [0, 0.1) is 0 Å². The van der Waals surface area contributed by atoms with E-state index in [1.165, 1.54) is 12.1 Å². The number of ether oxygens (including phenoxy) is 1. The summed E-state index contributed by atoms with van der Waals surface area (Å²) in [6, 6.07) is 13.0. The number of carbonyl (C=O) groups is 1. The van der Waals surface area contributed by atoms with Gasteiger partial charge in [0.15, 0.2) is 0 Å². The monoisotopic (exact) mass is 393 g/mol. The molecule has 150 valence electrons. The Morgan fingerprint density at radius 1 is 1.18 bits per heavy atom. The van der Waals surface area contributed by atoms with Crippen LogP contribution in [0.15, 0.2) is 48.5 Å². The maximum absolute atomic E-state index is 13.5. The first-order chi connectivity index (χ1) is 13.3. The Morgan fingerprint density at radius 2 is 1.93 bits per heavy atom. The molecule has 2 aromatic rings. The van der Waals surface area contributed by atoms with E-state index in [2.05, 4.69) is 0 Å². The fourth-order valence-corrected chi connectivity index (χ4v) is 3.45. The van der Waals surface area contributed by atoms with E-state index < -0.39 is 17.7 Å². The normalized spacial score (nSPS) is 17.2. The van der Waals surface area contributed by atoms with Crippen LogP contribution in [0.4, 0.5) is 13.2 Å². The predicted octanol–water partition coefficient (Wildman–Crippen LogP) is 4.24. The van der Waals surface area contributed by atoms with Crippen LogP contribution in [0.25, 0.3) is 0 Å². The molecule has 0 aromatic heterocycles. The lowest BCUT2D eigenvalue weighted by molar-refractivity contribution is -0.138. The van der Waals surface area contributed by atoms with Crippen molar-refractivity contribution < 1.29 is 27.8 Å². The van der Waals surface area contributed by atoms with Crippen molar-refractivity contribution >= 4 is 5.97 Å². The zero-order valence-corrected chi connectivity index (χ0v) is 15.3. The highest BCUT2D eigenvalue weighted by Crippen LogP contribution is 2.34. The van der Waals surface area contributed by atoms with Crippen molar-refractivity contribution in [3.8, 4) is 0 Å². The molecule has 1 atom stereocenters. The van der Waals surface area contributed by atoms with Gasteiger partial charge in [0.25, 0.3) is 0 Å². The minimum atomic E-state index is -4.61. The van der Waals surface area contributed by atoms with Crippen molar-refractivity contribution in [1.29, 1.82) is 0 Å². The molecule has 3 rings (SSSR count). The summed E-state index contributed by atoms with van der Waals surface area (Å²) in [6.45, 7) is 1.77. The van der Waals surface area contributed by atoms with E-state index in [4.69, 9.17) is 9.84 Å². The van der Waals surface area contributed by atoms with Crippen molar-refractivity contribution in [3.63, 3.8) is 0 Å². The Hall–Kier alpha value is -2.38. The second-order valence-electron chi connectivity index (χ2n) is 6.90. The number of halogens is 3. The maximum Gasteiger partial charge on any atom is 0.416 e. The third-order valence-corrected chi connectivity index (χ3v) is 4.99. The zero-order chi connectivity index (χ0) is 20.1. The van der Waals surface area contributed by atoms with Crippen molar-refractivity contribution in [2.45, 2.75) is 31.6 Å². The molecule has 2 aromatic carbocycles. The Balaban J connectivity index is 1.84. The van der Waals surface area contributed by atoms with Crippen LogP contribution in [0.1, 0.15) is 33.5 Å². The molecule has 1 fully saturated rings. The van der Waals surface area contributed by atoms with Gasteiger partial charge in [-0.1, -0.05) is 36.4 Å². The van der Waals surface area contributed by atoms with Gasteiger partial charge in [0.2, 0.25) is 0 Å². The zero-order valence-electron chi connectivity index (χ0n) is 15.3. The first-order valence-corrected chi connectivity index (χ1v) is 9.14. The molecule has 0 amide bonds.